The monoisotopic (exact) mass is 565 g/mol. The van der Waals surface area contributed by atoms with E-state index in [4.69, 9.17) is 4.74 Å². The van der Waals surface area contributed by atoms with Crippen molar-refractivity contribution >= 4 is 16.8 Å². The number of piperidine rings is 1. The van der Waals surface area contributed by atoms with E-state index < -0.39 is 41.6 Å². The minimum absolute atomic E-state index is 0.0357. The van der Waals surface area contributed by atoms with Crippen molar-refractivity contribution in [3.63, 3.8) is 0 Å². The lowest BCUT2D eigenvalue weighted by Crippen LogP contribution is -2.48. The van der Waals surface area contributed by atoms with Crippen LogP contribution in [-0.4, -0.2) is 47.7 Å². The molecule has 0 spiro atoms. The molecule has 1 fully saturated rings. The molecule has 2 heterocycles. The highest BCUT2D eigenvalue weighted by molar-refractivity contribution is 5.85. The number of halogens is 5. The van der Waals surface area contributed by atoms with Gasteiger partial charge < -0.3 is 9.64 Å². The highest BCUT2D eigenvalue weighted by atomic mass is 19.2. The number of rotatable bonds is 11. The van der Waals surface area contributed by atoms with E-state index >= 15 is 4.39 Å². The Bertz CT molecular complexity index is 1340. The van der Waals surface area contributed by atoms with Crippen LogP contribution in [0.1, 0.15) is 55.0 Å². The normalized spacial score (nSPS) is 16.2. The molecule has 2 aromatic carbocycles. The van der Waals surface area contributed by atoms with Gasteiger partial charge in [-0.3, -0.25) is 15.0 Å². The first-order valence-electron chi connectivity index (χ1n) is 13.2. The smallest absolute Gasteiger partial charge is 0.249 e. The summed E-state index contributed by atoms with van der Waals surface area (Å²) >= 11 is 0. The predicted octanol–water partition coefficient (Wildman–Crippen LogP) is 6.14. The average Bonchev–Trinajstić information content (AvgIpc) is 2.97. The number of carbonyl (C=O) groups excluding carboxylic acids is 1. The van der Waals surface area contributed by atoms with E-state index in [9.17, 15) is 27.6 Å². The zero-order chi connectivity index (χ0) is 28.9. The molecule has 1 aliphatic rings. The summed E-state index contributed by atoms with van der Waals surface area (Å²) in [7, 11) is 1.48. The van der Waals surface area contributed by atoms with Crippen LogP contribution in [0.5, 0.6) is 5.75 Å². The quantitative estimate of drug-likeness (QED) is 0.126. The van der Waals surface area contributed by atoms with Gasteiger partial charge in [0.15, 0.2) is 11.6 Å². The number of ether oxygens (including phenoxy) is 1. The first kappa shape index (κ1) is 29.7. The predicted molar refractivity (Wildman–Crippen MR) is 139 cm³/mol. The van der Waals surface area contributed by atoms with E-state index in [1.807, 2.05) is 4.90 Å². The molecule has 2 N–H and O–H groups in total. The van der Waals surface area contributed by atoms with Crippen LogP contribution in [0.3, 0.4) is 0 Å². The second-order valence-corrected chi connectivity index (χ2v) is 10.2. The minimum Gasteiger partial charge on any atom is -0.497 e. The maximum absolute atomic E-state index is 15.8. The summed E-state index contributed by atoms with van der Waals surface area (Å²) in [5.41, 5.74) is 1.44. The number of carbonyl (C=O) groups is 1. The molecule has 0 radical (unpaired) electrons. The topological polar surface area (TPSA) is 74.7 Å². The molecule has 40 heavy (non-hydrogen) atoms. The lowest BCUT2D eigenvalue weighted by Gasteiger charge is -2.40. The van der Waals surface area contributed by atoms with Gasteiger partial charge in [0, 0.05) is 28.8 Å². The number of alkyl halides is 2. The zero-order valence-electron chi connectivity index (χ0n) is 22.2. The molecule has 216 valence electrons. The fourth-order valence-corrected chi connectivity index (χ4v) is 5.58. The van der Waals surface area contributed by atoms with Crippen LogP contribution in [0.15, 0.2) is 36.5 Å². The number of amides is 1. The van der Waals surface area contributed by atoms with Crippen LogP contribution in [0, 0.1) is 22.9 Å². The number of nitrogens with zero attached hydrogens (tertiary/aromatic N) is 2. The fourth-order valence-electron chi connectivity index (χ4n) is 5.58. The molecule has 1 amide bonds. The number of aromatic nitrogens is 1. The molecule has 1 aromatic heterocycles. The molecule has 0 saturated carbocycles. The van der Waals surface area contributed by atoms with Crippen LogP contribution in [-0.2, 0) is 17.9 Å². The summed E-state index contributed by atoms with van der Waals surface area (Å²) in [6.07, 6.45) is 0.997. The Labute approximate surface area is 229 Å². The van der Waals surface area contributed by atoms with Gasteiger partial charge in [-0.05, 0) is 88.0 Å². The van der Waals surface area contributed by atoms with Crippen molar-refractivity contribution in [2.45, 2.75) is 51.4 Å². The Morgan fingerprint density at radius 3 is 2.60 bits per heavy atom. The van der Waals surface area contributed by atoms with Gasteiger partial charge in [-0.2, -0.15) is 0 Å². The Balaban J connectivity index is 1.42. The number of aryl methyl sites for hydroxylation is 1. The molecule has 1 aliphatic heterocycles. The fraction of sp³-hybridized carbons (Fsp3) is 0.448. The second kappa shape index (κ2) is 12.9. The van der Waals surface area contributed by atoms with Crippen molar-refractivity contribution in [1.82, 2.24) is 15.4 Å². The van der Waals surface area contributed by atoms with Crippen molar-refractivity contribution in [2.24, 2.45) is 5.41 Å². The standard InChI is InChI=1S/C29H32F5N3O3/c1-40-21-4-5-25-22(15-21)26(19(16-30)17-35-25)23(32)6-7-29(28(38)36-39)8-11-37(12-9-29)10-2-3-18-13-20(31)14-24(33)27(18)34/h4-5,13-15,17,23,39H,2-3,6-12,16H2,1H3,(H,36,38)/t23-/m1/s1. The molecule has 11 heteroatoms. The number of fused-ring (bicyclic) bond motifs is 1. The number of benzene rings is 2. The number of hydrogen-bond donors (Lipinski definition) is 2. The largest absolute Gasteiger partial charge is 0.497 e. The Morgan fingerprint density at radius 1 is 1.18 bits per heavy atom. The van der Waals surface area contributed by atoms with Gasteiger partial charge in [0.1, 0.15) is 24.4 Å². The molecule has 0 bridgehead atoms. The van der Waals surface area contributed by atoms with Gasteiger partial charge in [0.2, 0.25) is 5.91 Å². The van der Waals surface area contributed by atoms with E-state index in [0.29, 0.717) is 61.6 Å². The highest BCUT2D eigenvalue weighted by Crippen LogP contribution is 2.41. The van der Waals surface area contributed by atoms with Crippen LogP contribution < -0.4 is 10.2 Å². The van der Waals surface area contributed by atoms with Gasteiger partial charge in [0.25, 0.3) is 0 Å². The molecule has 1 atom stereocenters. The van der Waals surface area contributed by atoms with Crippen molar-refractivity contribution in [3.05, 3.63) is 70.7 Å². The van der Waals surface area contributed by atoms with Gasteiger partial charge in [0.05, 0.1) is 18.0 Å². The first-order chi connectivity index (χ1) is 19.2. The maximum atomic E-state index is 15.8. The molecule has 1 saturated heterocycles. The van der Waals surface area contributed by atoms with Crippen LogP contribution in [0.2, 0.25) is 0 Å². The van der Waals surface area contributed by atoms with Crippen molar-refractivity contribution in [3.8, 4) is 5.75 Å². The third-order valence-corrected chi connectivity index (χ3v) is 7.92. The third kappa shape index (κ3) is 6.36. The van der Waals surface area contributed by atoms with E-state index in [2.05, 4.69) is 4.98 Å². The van der Waals surface area contributed by atoms with Crippen molar-refractivity contribution in [1.29, 1.82) is 0 Å². The lowest BCUT2D eigenvalue weighted by atomic mass is 9.73. The molecule has 0 aliphatic carbocycles. The number of hydrogen-bond acceptors (Lipinski definition) is 5. The van der Waals surface area contributed by atoms with E-state index in [-0.39, 0.29) is 36.0 Å². The SMILES string of the molecule is COc1ccc2ncc(CF)c([C@H](F)CCC3(C(=O)NO)CCN(CCCc4cc(F)cc(F)c4F)CC3)c2c1. The van der Waals surface area contributed by atoms with E-state index in [1.54, 1.807) is 23.7 Å². The van der Waals surface area contributed by atoms with Crippen LogP contribution in [0.25, 0.3) is 10.9 Å². The Morgan fingerprint density at radius 2 is 1.93 bits per heavy atom. The summed E-state index contributed by atoms with van der Waals surface area (Å²) in [6, 6.07) is 6.45. The number of likely N-dealkylation sites (tertiary alicyclic amines) is 1. The summed E-state index contributed by atoms with van der Waals surface area (Å²) in [5, 5.41) is 9.88. The first-order valence-corrected chi connectivity index (χ1v) is 13.2. The van der Waals surface area contributed by atoms with Gasteiger partial charge in [-0.15, -0.1) is 0 Å². The molecule has 3 aromatic rings. The van der Waals surface area contributed by atoms with Crippen LogP contribution >= 0.6 is 0 Å². The Kier molecular flexibility index (Phi) is 9.57. The van der Waals surface area contributed by atoms with Crippen molar-refractivity contribution in [2.75, 3.05) is 26.7 Å². The third-order valence-electron chi connectivity index (χ3n) is 7.92. The molecule has 4 rings (SSSR count). The Hall–Kier alpha value is -3.31. The van der Waals surface area contributed by atoms with Crippen LogP contribution in [0.4, 0.5) is 22.0 Å². The van der Waals surface area contributed by atoms with E-state index in [1.165, 1.54) is 13.3 Å². The summed E-state index contributed by atoms with van der Waals surface area (Å²) in [5.74, 6) is -3.25. The van der Waals surface area contributed by atoms with Gasteiger partial charge in [-0.1, -0.05) is 0 Å². The maximum Gasteiger partial charge on any atom is 0.249 e. The summed E-state index contributed by atoms with van der Waals surface area (Å²) in [4.78, 5) is 19.0. The van der Waals surface area contributed by atoms with Gasteiger partial charge >= 0.3 is 0 Å². The van der Waals surface area contributed by atoms with Gasteiger partial charge in [-0.25, -0.2) is 27.4 Å². The molecular formula is C29H32F5N3O3. The number of hydroxylamine groups is 1. The zero-order valence-corrected chi connectivity index (χ0v) is 22.2. The number of nitrogens with one attached hydrogen (secondary N) is 1. The molecular weight excluding hydrogens is 533 g/mol. The highest BCUT2D eigenvalue weighted by Gasteiger charge is 2.41. The lowest BCUT2D eigenvalue weighted by molar-refractivity contribution is -0.143. The summed E-state index contributed by atoms with van der Waals surface area (Å²) in [6.45, 7) is 0.509. The minimum atomic E-state index is -1.59. The number of pyridine rings is 1. The van der Waals surface area contributed by atoms with E-state index in [0.717, 1.165) is 6.07 Å². The molecule has 6 nitrogen and oxygen atoms in total. The average molecular weight is 566 g/mol. The summed E-state index contributed by atoms with van der Waals surface area (Å²) < 4.78 is 75.7. The molecule has 0 unspecified atom stereocenters. The van der Waals surface area contributed by atoms with Crippen molar-refractivity contribution < 1.29 is 36.7 Å². The second-order valence-electron chi connectivity index (χ2n) is 10.2. The number of methoxy groups -OCH3 is 1.